The second kappa shape index (κ2) is 8.71. The standard InChI is InChI=1S/C17H18F2N2O3/c1-2-11-23-13-9-7-12(8-10-13)20-17(22)21-14-5-3-4-6-15(14)24-16(18)19/h3-10,16H,2,11H2,1H3,(H2,20,21,22). The quantitative estimate of drug-likeness (QED) is 0.769. The molecule has 0 unspecified atom stereocenters. The topological polar surface area (TPSA) is 59.6 Å². The number of halogens is 2. The van der Waals surface area contributed by atoms with Gasteiger partial charge in [-0.15, -0.1) is 0 Å². The molecule has 7 heteroatoms. The van der Waals surface area contributed by atoms with Gasteiger partial charge in [0, 0.05) is 5.69 Å². The number of anilines is 2. The predicted octanol–water partition coefficient (Wildman–Crippen LogP) is 4.72. The van der Waals surface area contributed by atoms with Crippen LogP contribution in [0.3, 0.4) is 0 Å². The minimum absolute atomic E-state index is 0.106. The van der Waals surface area contributed by atoms with Crippen LogP contribution in [0.25, 0.3) is 0 Å². The molecular formula is C17H18F2N2O3. The van der Waals surface area contributed by atoms with E-state index in [-0.39, 0.29) is 11.4 Å². The first-order valence-corrected chi connectivity index (χ1v) is 7.43. The molecule has 2 aromatic carbocycles. The van der Waals surface area contributed by atoms with Gasteiger partial charge in [0.2, 0.25) is 0 Å². The van der Waals surface area contributed by atoms with Crippen LogP contribution in [0.15, 0.2) is 48.5 Å². The first kappa shape index (κ1) is 17.5. The van der Waals surface area contributed by atoms with Gasteiger partial charge < -0.3 is 20.1 Å². The number of urea groups is 1. The van der Waals surface area contributed by atoms with Gasteiger partial charge in [-0.3, -0.25) is 0 Å². The van der Waals surface area contributed by atoms with E-state index in [4.69, 9.17) is 4.74 Å². The summed E-state index contributed by atoms with van der Waals surface area (Å²) in [6.07, 6.45) is 0.905. The lowest BCUT2D eigenvalue weighted by Crippen LogP contribution is -2.20. The van der Waals surface area contributed by atoms with Crippen LogP contribution in [0.4, 0.5) is 25.0 Å². The monoisotopic (exact) mass is 336 g/mol. The average Bonchev–Trinajstić information content (AvgIpc) is 2.55. The Labute approximate surface area is 138 Å². The Balaban J connectivity index is 1.96. The van der Waals surface area contributed by atoms with E-state index in [0.717, 1.165) is 6.42 Å². The Morgan fingerprint density at radius 2 is 1.79 bits per heavy atom. The summed E-state index contributed by atoms with van der Waals surface area (Å²) in [6, 6.07) is 12.2. The summed E-state index contributed by atoms with van der Waals surface area (Å²) >= 11 is 0. The highest BCUT2D eigenvalue weighted by Gasteiger charge is 2.11. The third-order valence-corrected chi connectivity index (χ3v) is 2.94. The highest BCUT2D eigenvalue weighted by Crippen LogP contribution is 2.25. The van der Waals surface area contributed by atoms with Crippen molar-refractivity contribution in [1.29, 1.82) is 0 Å². The number of ether oxygens (including phenoxy) is 2. The fourth-order valence-corrected chi connectivity index (χ4v) is 1.91. The van der Waals surface area contributed by atoms with Crippen molar-refractivity contribution >= 4 is 17.4 Å². The van der Waals surface area contributed by atoms with Gasteiger partial charge in [0.25, 0.3) is 0 Å². The lowest BCUT2D eigenvalue weighted by atomic mass is 10.3. The smallest absolute Gasteiger partial charge is 0.387 e. The Hall–Kier alpha value is -2.83. The number of para-hydroxylation sites is 2. The summed E-state index contributed by atoms with van der Waals surface area (Å²) < 4.78 is 34.5. The van der Waals surface area contributed by atoms with Crippen LogP contribution in [-0.2, 0) is 0 Å². The van der Waals surface area contributed by atoms with Crippen LogP contribution in [0.5, 0.6) is 11.5 Å². The molecule has 0 aliphatic heterocycles. The van der Waals surface area contributed by atoms with Crippen molar-refractivity contribution in [2.24, 2.45) is 0 Å². The largest absolute Gasteiger partial charge is 0.494 e. The van der Waals surface area contributed by atoms with Gasteiger partial charge in [-0.25, -0.2) is 4.79 Å². The van der Waals surface area contributed by atoms with Crippen molar-refractivity contribution < 1.29 is 23.0 Å². The second-order valence-electron chi connectivity index (χ2n) is 4.83. The molecule has 0 heterocycles. The zero-order valence-electron chi connectivity index (χ0n) is 13.1. The third kappa shape index (κ3) is 5.42. The summed E-state index contributed by atoms with van der Waals surface area (Å²) in [7, 11) is 0. The van der Waals surface area contributed by atoms with Crippen molar-refractivity contribution in [2.75, 3.05) is 17.2 Å². The molecule has 2 rings (SSSR count). The van der Waals surface area contributed by atoms with Crippen LogP contribution in [-0.4, -0.2) is 19.2 Å². The fraction of sp³-hybridized carbons (Fsp3) is 0.235. The molecule has 2 amide bonds. The number of hydrogen-bond donors (Lipinski definition) is 2. The maximum absolute atomic E-state index is 12.3. The number of hydrogen-bond acceptors (Lipinski definition) is 3. The van der Waals surface area contributed by atoms with Crippen LogP contribution in [0, 0.1) is 0 Å². The Morgan fingerprint density at radius 1 is 1.08 bits per heavy atom. The molecule has 0 aliphatic rings. The molecule has 0 bridgehead atoms. The minimum Gasteiger partial charge on any atom is -0.494 e. The fourth-order valence-electron chi connectivity index (χ4n) is 1.91. The lowest BCUT2D eigenvalue weighted by Gasteiger charge is -2.12. The average molecular weight is 336 g/mol. The number of carbonyl (C=O) groups is 1. The molecule has 0 atom stereocenters. The van der Waals surface area contributed by atoms with Crippen LogP contribution >= 0.6 is 0 Å². The molecule has 0 aromatic heterocycles. The molecule has 2 aromatic rings. The van der Waals surface area contributed by atoms with Gasteiger partial charge >= 0.3 is 12.6 Å². The highest BCUT2D eigenvalue weighted by atomic mass is 19.3. The van der Waals surface area contributed by atoms with Crippen molar-refractivity contribution in [2.45, 2.75) is 20.0 Å². The van der Waals surface area contributed by atoms with Crippen LogP contribution in [0.1, 0.15) is 13.3 Å². The third-order valence-electron chi connectivity index (χ3n) is 2.94. The lowest BCUT2D eigenvalue weighted by molar-refractivity contribution is -0.0493. The normalized spacial score (nSPS) is 10.3. The molecule has 5 nitrogen and oxygen atoms in total. The van der Waals surface area contributed by atoms with Gasteiger partial charge in [-0.2, -0.15) is 8.78 Å². The number of nitrogens with one attached hydrogen (secondary N) is 2. The van der Waals surface area contributed by atoms with Gasteiger partial charge in [0.05, 0.1) is 12.3 Å². The van der Waals surface area contributed by atoms with Gasteiger partial charge in [0.15, 0.2) is 0 Å². The van der Waals surface area contributed by atoms with Gasteiger partial charge in [-0.05, 0) is 42.8 Å². The van der Waals surface area contributed by atoms with Crippen LogP contribution < -0.4 is 20.1 Å². The number of alkyl halides is 2. The second-order valence-corrected chi connectivity index (χ2v) is 4.83. The minimum atomic E-state index is -2.97. The zero-order valence-corrected chi connectivity index (χ0v) is 13.1. The molecule has 0 saturated heterocycles. The number of amides is 2. The van der Waals surface area contributed by atoms with E-state index in [1.165, 1.54) is 18.2 Å². The van der Waals surface area contributed by atoms with E-state index in [1.807, 2.05) is 6.92 Å². The van der Waals surface area contributed by atoms with E-state index >= 15 is 0 Å². The maximum Gasteiger partial charge on any atom is 0.387 e. The van der Waals surface area contributed by atoms with Crippen molar-refractivity contribution in [3.63, 3.8) is 0 Å². The van der Waals surface area contributed by atoms with Crippen molar-refractivity contribution in [3.8, 4) is 11.5 Å². The van der Waals surface area contributed by atoms with E-state index in [1.54, 1.807) is 30.3 Å². The Kier molecular flexibility index (Phi) is 6.36. The molecule has 0 radical (unpaired) electrons. The number of carbonyl (C=O) groups excluding carboxylic acids is 1. The molecular weight excluding hydrogens is 318 g/mol. The van der Waals surface area contributed by atoms with E-state index in [0.29, 0.717) is 18.0 Å². The van der Waals surface area contributed by atoms with Crippen LogP contribution in [0.2, 0.25) is 0 Å². The Morgan fingerprint density at radius 3 is 2.46 bits per heavy atom. The molecule has 0 fully saturated rings. The van der Waals surface area contributed by atoms with Gasteiger partial charge in [0.1, 0.15) is 11.5 Å². The predicted molar refractivity (Wildman–Crippen MR) is 87.9 cm³/mol. The maximum atomic E-state index is 12.3. The summed E-state index contributed by atoms with van der Waals surface area (Å²) in [5.41, 5.74) is 0.696. The molecule has 0 saturated carbocycles. The van der Waals surface area contributed by atoms with Crippen molar-refractivity contribution in [1.82, 2.24) is 0 Å². The summed E-state index contributed by atoms with van der Waals surface area (Å²) in [5, 5.41) is 5.08. The summed E-state index contributed by atoms with van der Waals surface area (Å²) in [4.78, 5) is 12.0. The van der Waals surface area contributed by atoms with Gasteiger partial charge in [-0.1, -0.05) is 19.1 Å². The molecule has 0 spiro atoms. The highest BCUT2D eigenvalue weighted by molar-refractivity contribution is 6.00. The van der Waals surface area contributed by atoms with E-state index < -0.39 is 12.6 Å². The summed E-state index contributed by atoms with van der Waals surface area (Å²) in [5.74, 6) is 0.601. The van der Waals surface area contributed by atoms with E-state index in [2.05, 4.69) is 15.4 Å². The number of rotatable bonds is 7. The molecule has 2 N–H and O–H groups in total. The molecule has 24 heavy (non-hydrogen) atoms. The Bertz CT molecular complexity index is 663. The first-order chi connectivity index (χ1) is 11.6. The van der Waals surface area contributed by atoms with Crippen molar-refractivity contribution in [3.05, 3.63) is 48.5 Å². The summed E-state index contributed by atoms with van der Waals surface area (Å²) in [6.45, 7) is -0.337. The molecule has 0 aliphatic carbocycles. The first-order valence-electron chi connectivity index (χ1n) is 7.43. The number of benzene rings is 2. The zero-order chi connectivity index (χ0) is 17.4. The molecule has 128 valence electrons. The van der Waals surface area contributed by atoms with E-state index in [9.17, 15) is 13.6 Å². The SMILES string of the molecule is CCCOc1ccc(NC(=O)Nc2ccccc2OC(F)F)cc1.